The number of hydrogen-bond donors (Lipinski definition) is 0. The fourth-order valence-corrected chi connectivity index (χ4v) is 2.86. The number of carbonyl (C=O) groups excluding carboxylic acids is 1. The first-order chi connectivity index (χ1) is 11.2. The van der Waals surface area contributed by atoms with Gasteiger partial charge in [0, 0.05) is 49.8 Å². The summed E-state index contributed by atoms with van der Waals surface area (Å²) in [6, 6.07) is 9.63. The van der Waals surface area contributed by atoms with Crippen LogP contribution in [0.4, 0.5) is 5.69 Å². The molecule has 120 valence electrons. The van der Waals surface area contributed by atoms with E-state index >= 15 is 0 Å². The van der Waals surface area contributed by atoms with Gasteiger partial charge in [0.1, 0.15) is 5.75 Å². The van der Waals surface area contributed by atoms with Crippen LogP contribution in [-0.4, -0.2) is 49.1 Å². The molecule has 3 rings (SSSR count). The van der Waals surface area contributed by atoms with Gasteiger partial charge in [-0.3, -0.25) is 9.78 Å². The van der Waals surface area contributed by atoms with Gasteiger partial charge in [-0.1, -0.05) is 6.07 Å². The number of pyridine rings is 1. The number of aromatic nitrogens is 1. The quantitative estimate of drug-likeness (QED) is 0.873. The Labute approximate surface area is 136 Å². The molecule has 1 aliphatic rings. The predicted molar refractivity (Wildman–Crippen MR) is 90.1 cm³/mol. The number of hydrogen-bond acceptors (Lipinski definition) is 4. The van der Waals surface area contributed by atoms with Crippen molar-refractivity contribution in [3.8, 4) is 5.75 Å². The van der Waals surface area contributed by atoms with Crippen molar-refractivity contribution in [3.63, 3.8) is 0 Å². The van der Waals surface area contributed by atoms with Crippen LogP contribution < -0.4 is 9.64 Å². The topological polar surface area (TPSA) is 45.7 Å². The van der Waals surface area contributed by atoms with Crippen molar-refractivity contribution in [1.82, 2.24) is 9.88 Å². The zero-order valence-electron chi connectivity index (χ0n) is 13.5. The second kappa shape index (κ2) is 6.69. The molecule has 1 aromatic heterocycles. The fraction of sp³-hybridized carbons (Fsp3) is 0.333. The molecule has 1 saturated heterocycles. The molecule has 1 aromatic carbocycles. The van der Waals surface area contributed by atoms with E-state index in [2.05, 4.69) is 9.88 Å². The molecule has 0 spiro atoms. The average Bonchev–Trinajstić information content (AvgIpc) is 2.62. The van der Waals surface area contributed by atoms with E-state index in [1.54, 1.807) is 19.5 Å². The molecule has 0 N–H and O–H groups in total. The van der Waals surface area contributed by atoms with E-state index in [0.29, 0.717) is 5.56 Å². The maximum Gasteiger partial charge on any atom is 0.254 e. The zero-order chi connectivity index (χ0) is 16.2. The summed E-state index contributed by atoms with van der Waals surface area (Å²) in [5.41, 5.74) is 2.88. The Bertz CT molecular complexity index is 680. The van der Waals surface area contributed by atoms with Crippen LogP contribution >= 0.6 is 0 Å². The summed E-state index contributed by atoms with van der Waals surface area (Å²) >= 11 is 0. The Hall–Kier alpha value is -2.56. The highest BCUT2D eigenvalue weighted by molar-refractivity contribution is 5.95. The minimum absolute atomic E-state index is 0.0673. The molecule has 2 aromatic rings. The van der Waals surface area contributed by atoms with Crippen LogP contribution in [0.5, 0.6) is 5.75 Å². The molecule has 0 radical (unpaired) electrons. The summed E-state index contributed by atoms with van der Waals surface area (Å²) in [7, 11) is 1.63. The van der Waals surface area contributed by atoms with Crippen LogP contribution in [0.2, 0.25) is 0 Å². The Morgan fingerprint density at radius 3 is 2.43 bits per heavy atom. The number of nitrogens with zero attached hydrogens (tertiary/aromatic N) is 3. The Kier molecular flexibility index (Phi) is 4.46. The molecule has 1 fully saturated rings. The monoisotopic (exact) mass is 311 g/mol. The van der Waals surface area contributed by atoms with E-state index < -0.39 is 0 Å². The van der Waals surface area contributed by atoms with Gasteiger partial charge < -0.3 is 14.5 Å². The van der Waals surface area contributed by atoms with E-state index in [9.17, 15) is 4.79 Å². The van der Waals surface area contributed by atoms with Crippen molar-refractivity contribution in [2.24, 2.45) is 0 Å². The summed E-state index contributed by atoms with van der Waals surface area (Å²) in [6.07, 6.45) is 3.59. The van der Waals surface area contributed by atoms with Crippen molar-refractivity contribution < 1.29 is 9.53 Å². The number of piperazine rings is 1. The van der Waals surface area contributed by atoms with E-state index in [-0.39, 0.29) is 5.91 Å². The van der Waals surface area contributed by atoms with Gasteiger partial charge in [0.2, 0.25) is 0 Å². The average molecular weight is 311 g/mol. The largest absolute Gasteiger partial charge is 0.496 e. The number of ether oxygens (including phenoxy) is 1. The molecule has 1 amide bonds. The number of carbonyl (C=O) groups is 1. The number of benzene rings is 1. The smallest absolute Gasteiger partial charge is 0.254 e. The highest BCUT2D eigenvalue weighted by Gasteiger charge is 2.22. The molecular weight excluding hydrogens is 290 g/mol. The minimum Gasteiger partial charge on any atom is -0.496 e. The number of methoxy groups -OCH3 is 1. The molecule has 0 saturated carbocycles. The van der Waals surface area contributed by atoms with Crippen LogP contribution in [0.1, 0.15) is 15.9 Å². The normalized spacial score (nSPS) is 14.7. The van der Waals surface area contributed by atoms with Gasteiger partial charge in [-0.25, -0.2) is 0 Å². The molecule has 0 aliphatic carbocycles. The van der Waals surface area contributed by atoms with E-state index in [4.69, 9.17) is 4.74 Å². The summed E-state index contributed by atoms with van der Waals surface area (Å²) in [5, 5.41) is 0. The molecule has 0 unspecified atom stereocenters. The molecule has 0 atom stereocenters. The van der Waals surface area contributed by atoms with Crippen LogP contribution in [0.15, 0.2) is 42.7 Å². The molecule has 5 nitrogen and oxygen atoms in total. The van der Waals surface area contributed by atoms with Gasteiger partial charge in [0.05, 0.1) is 7.11 Å². The molecule has 0 bridgehead atoms. The van der Waals surface area contributed by atoms with Gasteiger partial charge in [0.25, 0.3) is 5.91 Å². The summed E-state index contributed by atoms with van der Waals surface area (Å²) in [6.45, 7) is 5.08. The number of amides is 1. The van der Waals surface area contributed by atoms with Gasteiger partial charge in [-0.15, -0.1) is 0 Å². The molecule has 23 heavy (non-hydrogen) atoms. The van der Waals surface area contributed by atoms with Crippen molar-refractivity contribution in [2.75, 3.05) is 38.2 Å². The Balaban J connectivity index is 1.66. The van der Waals surface area contributed by atoms with Gasteiger partial charge in [-0.2, -0.15) is 0 Å². The van der Waals surface area contributed by atoms with Crippen LogP contribution in [0.25, 0.3) is 0 Å². The van der Waals surface area contributed by atoms with E-state index in [0.717, 1.165) is 43.2 Å². The van der Waals surface area contributed by atoms with Crippen LogP contribution in [0.3, 0.4) is 0 Å². The van der Waals surface area contributed by atoms with Gasteiger partial charge in [-0.05, 0) is 36.8 Å². The Morgan fingerprint density at radius 1 is 1.09 bits per heavy atom. The first-order valence-corrected chi connectivity index (χ1v) is 7.78. The summed E-state index contributed by atoms with van der Waals surface area (Å²) < 4.78 is 5.31. The lowest BCUT2D eigenvalue weighted by atomic mass is 10.1. The first kappa shape index (κ1) is 15.3. The van der Waals surface area contributed by atoms with Crippen molar-refractivity contribution in [1.29, 1.82) is 0 Å². The second-order valence-electron chi connectivity index (χ2n) is 5.67. The number of rotatable bonds is 3. The lowest BCUT2D eigenvalue weighted by Gasteiger charge is -2.36. The first-order valence-electron chi connectivity index (χ1n) is 7.78. The molecule has 5 heteroatoms. The SMILES string of the molecule is COc1cc(C(=O)N2CCN(c3ccncc3)CC2)ccc1C. The fourth-order valence-electron chi connectivity index (χ4n) is 2.86. The summed E-state index contributed by atoms with van der Waals surface area (Å²) in [4.78, 5) is 20.9. The minimum atomic E-state index is 0.0673. The van der Waals surface area contributed by atoms with Crippen LogP contribution in [-0.2, 0) is 0 Å². The lowest BCUT2D eigenvalue weighted by molar-refractivity contribution is 0.0746. The maximum atomic E-state index is 12.7. The third-order valence-electron chi connectivity index (χ3n) is 4.25. The van der Waals surface area contributed by atoms with Crippen molar-refractivity contribution in [3.05, 3.63) is 53.9 Å². The number of anilines is 1. The predicted octanol–water partition coefficient (Wildman–Crippen LogP) is 2.36. The molecular formula is C18H21N3O2. The number of aryl methyl sites for hydroxylation is 1. The third kappa shape index (κ3) is 3.28. The van der Waals surface area contributed by atoms with Gasteiger partial charge >= 0.3 is 0 Å². The standard InChI is InChI=1S/C18H21N3O2/c1-14-3-4-15(13-17(14)23-2)18(22)21-11-9-20(10-12-21)16-5-7-19-8-6-16/h3-8,13H,9-12H2,1-2H3. The van der Waals surface area contributed by atoms with Crippen molar-refractivity contribution >= 4 is 11.6 Å². The zero-order valence-corrected chi connectivity index (χ0v) is 13.5. The van der Waals surface area contributed by atoms with Gasteiger partial charge in [0.15, 0.2) is 0 Å². The Morgan fingerprint density at radius 2 is 1.78 bits per heavy atom. The highest BCUT2D eigenvalue weighted by Crippen LogP contribution is 2.21. The molecule has 2 heterocycles. The lowest BCUT2D eigenvalue weighted by Crippen LogP contribution is -2.48. The third-order valence-corrected chi connectivity index (χ3v) is 4.25. The van der Waals surface area contributed by atoms with Crippen LogP contribution in [0, 0.1) is 6.92 Å². The van der Waals surface area contributed by atoms with E-state index in [1.165, 1.54) is 0 Å². The molecule has 1 aliphatic heterocycles. The van der Waals surface area contributed by atoms with E-state index in [1.807, 2.05) is 42.2 Å². The highest BCUT2D eigenvalue weighted by atomic mass is 16.5. The summed E-state index contributed by atoms with van der Waals surface area (Å²) in [5.74, 6) is 0.823. The maximum absolute atomic E-state index is 12.7. The van der Waals surface area contributed by atoms with Crippen molar-refractivity contribution in [2.45, 2.75) is 6.92 Å². The second-order valence-corrected chi connectivity index (χ2v) is 5.67.